The van der Waals surface area contributed by atoms with Crippen LogP contribution < -0.4 is 14.8 Å². The molecule has 0 unspecified atom stereocenters. The summed E-state index contributed by atoms with van der Waals surface area (Å²) in [5.41, 5.74) is 2.51. The third-order valence-electron chi connectivity index (χ3n) is 3.56. The molecule has 0 aliphatic carbocycles. The van der Waals surface area contributed by atoms with Crippen molar-refractivity contribution in [3.63, 3.8) is 0 Å². The van der Waals surface area contributed by atoms with Crippen molar-refractivity contribution < 1.29 is 19.0 Å². The van der Waals surface area contributed by atoms with Crippen LogP contribution in [0.3, 0.4) is 0 Å². The van der Waals surface area contributed by atoms with E-state index in [2.05, 4.69) is 5.32 Å². The highest BCUT2D eigenvalue weighted by molar-refractivity contribution is 5.97. The maximum absolute atomic E-state index is 12.1. The van der Waals surface area contributed by atoms with E-state index in [0.717, 1.165) is 31.5 Å². The summed E-state index contributed by atoms with van der Waals surface area (Å²) < 4.78 is 15.5. The smallest absolute Gasteiger partial charge is 0.342 e. The lowest BCUT2D eigenvalue weighted by molar-refractivity contribution is 0.0597. The van der Waals surface area contributed by atoms with Crippen LogP contribution >= 0.6 is 0 Å². The summed E-state index contributed by atoms with van der Waals surface area (Å²) in [5.74, 6) is 0.706. The van der Waals surface area contributed by atoms with E-state index in [1.165, 1.54) is 19.8 Å². The zero-order valence-electron chi connectivity index (χ0n) is 12.7. The molecule has 0 aromatic heterocycles. The molecule has 0 radical (unpaired) electrons. The minimum absolute atomic E-state index is 0.407. The summed E-state index contributed by atoms with van der Waals surface area (Å²) >= 11 is 0. The van der Waals surface area contributed by atoms with Gasteiger partial charge in [0.1, 0.15) is 17.1 Å². The number of rotatable bonds is 4. The molecule has 114 valence electrons. The number of methoxy groups -OCH3 is 3. The Balaban J connectivity index is 2.51. The van der Waals surface area contributed by atoms with Crippen molar-refractivity contribution in [1.29, 1.82) is 0 Å². The van der Waals surface area contributed by atoms with Crippen LogP contribution in [0.1, 0.15) is 28.8 Å². The molecule has 0 spiro atoms. The van der Waals surface area contributed by atoms with Gasteiger partial charge in [0.2, 0.25) is 0 Å². The molecule has 1 aromatic carbocycles. The molecule has 1 fully saturated rings. The number of benzene rings is 1. The van der Waals surface area contributed by atoms with Gasteiger partial charge in [-0.1, -0.05) is 11.6 Å². The summed E-state index contributed by atoms with van der Waals surface area (Å²) in [6.07, 6.45) is 3.98. The van der Waals surface area contributed by atoms with Gasteiger partial charge in [-0.05, 0) is 37.6 Å². The van der Waals surface area contributed by atoms with E-state index in [1.54, 1.807) is 13.2 Å². The van der Waals surface area contributed by atoms with Crippen LogP contribution in [0.2, 0.25) is 0 Å². The van der Waals surface area contributed by atoms with E-state index >= 15 is 0 Å². The summed E-state index contributed by atoms with van der Waals surface area (Å²) in [5, 5.41) is 3.31. The minimum atomic E-state index is -0.407. The first-order valence-corrected chi connectivity index (χ1v) is 6.94. The molecule has 1 heterocycles. The first-order chi connectivity index (χ1) is 10.2. The zero-order valence-corrected chi connectivity index (χ0v) is 12.7. The van der Waals surface area contributed by atoms with Gasteiger partial charge in [-0.3, -0.25) is 0 Å². The number of esters is 1. The van der Waals surface area contributed by atoms with Crippen molar-refractivity contribution in [2.24, 2.45) is 0 Å². The Morgan fingerprint density at radius 1 is 1.14 bits per heavy atom. The fraction of sp³-hybridized carbons (Fsp3) is 0.438. The lowest BCUT2D eigenvalue weighted by Gasteiger charge is -2.17. The van der Waals surface area contributed by atoms with Crippen molar-refractivity contribution in [1.82, 2.24) is 5.32 Å². The zero-order chi connectivity index (χ0) is 15.2. The van der Waals surface area contributed by atoms with Gasteiger partial charge in [0, 0.05) is 6.07 Å². The Morgan fingerprint density at radius 2 is 1.86 bits per heavy atom. The summed E-state index contributed by atoms with van der Waals surface area (Å²) in [6.45, 7) is 1.92. The monoisotopic (exact) mass is 291 g/mol. The van der Waals surface area contributed by atoms with Gasteiger partial charge in [0.05, 0.1) is 21.3 Å². The Morgan fingerprint density at radius 3 is 2.43 bits per heavy atom. The SMILES string of the molecule is COC(=O)c1c(C=C2CCNCC2)cc(OC)cc1OC. The molecule has 21 heavy (non-hydrogen) atoms. The number of carbonyl (C=O) groups is 1. The Labute approximate surface area is 124 Å². The molecular formula is C16H21NO4. The second kappa shape index (κ2) is 7.13. The average Bonchev–Trinajstić information content (AvgIpc) is 2.54. The number of piperidine rings is 1. The second-order valence-corrected chi connectivity index (χ2v) is 4.84. The number of nitrogens with one attached hydrogen (secondary N) is 1. The van der Waals surface area contributed by atoms with Crippen LogP contribution in [-0.4, -0.2) is 40.4 Å². The third kappa shape index (κ3) is 3.55. The van der Waals surface area contributed by atoms with Crippen molar-refractivity contribution >= 4 is 12.0 Å². The van der Waals surface area contributed by atoms with Crippen molar-refractivity contribution in [3.8, 4) is 11.5 Å². The van der Waals surface area contributed by atoms with Gasteiger partial charge in [-0.2, -0.15) is 0 Å². The highest BCUT2D eigenvalue weighted by Gasteiger charge is 2.19. The van der Waals surface area contributed by atoms with Gasteiger partial charge in [-0.25, -0.2) is 4.79 Å². The maximum atomic E-state index is 12.1. The Hall–Kier alpha value is -2.01. The molecule has 2 rings (SSSR count). The largest absolute Gasteiger partial charge is 0.497 e. The van der Waals surface area contributed by atoms with E-state index in [-0.39, 0.29) is 0 Å². The third-order valence-corrected chi connectivity index (χ3v) is 3.56. The van der Waals surface area contributed by atoms with Crippen LogP contribution in [0.25, 0.3) is 6.08 Å². The second-order valence-electron chi connectivity index (χ2n) is 4.84. The fourth-order valence-electron chi connectivity index (χ4n) is 2.44. The van der Waals surface area contributed by atoms with Crippen LogP contribution in [0.4, 0.5) is 0 Å². The topological polar surface area (TPSA) is 56.8 Å². The normalized spacial score (nSPS) is 14.5. The van der Waals surface area contributed by atoms with Gasteiger partial charge in [0.15, 0.2) is 0 Å². The van der Waals surface area contributed by atoms with Gasteiger partial charge >= 0.3 is 5.97 Å². The van der Waals surface area contributed by atoms with Crippen LogP contribution in [-0.2, 0) is 4.74 Å². The highest BCUT2D eigenvalue weighted by Crippen LogP contribution is 2.31. The number of carbonyl (C=O) groups excluding carboxylic acids is 1. The maximum Gasteiger partial charge on any atom is 0.342 e. The lowest BCUT2D eigenvalue weighted by Crippen LogP contribution is -2.23. The molecule has 0 amide bonds. The Kier molecular flexibility index (Phi) is 5.22. The van der Waals surface area contributed by atoms with Gasteiger partial charge in [0.25, 0.3) is 0 Å². The predicted molar refractivity (Wildman–Crippen MR) is 81.0 cm³/mol. The molecule has 1 saturated heterocycles. The molecule has 1 aliphatic rings. The van der Waals surface area contributed by atoms with Crippen LogP contribution in [0, 0.1) is 0 Å². The molecule has 1 aliphatic heterocycles. The molecule has 0 bridgehead atoms. The highest BCUT2D eigenvalue weighted by atomic mass is 16.5. The number of ether oxygens (including phenoxy) is 3. The minimum Gasteiger partial charge on any atom is -0.497 e. The van der Waals surface area contributed by atoms with Gasteiger partial charge in [-0.15, -0.1) is 0 Å². The van der Waals surface area contributed by atoms with E-state index in [9.17, 15) is 4.79 Å². The molecule has 1 aromatic rings. The van der Waals surface area contributed by atoms with E-state index in [0.29, 0.717) is 17.1 Å². The molecule has 5 heteroatoms. The molecule has 0 saturated carbocycles. The van der Waals surface area contributed by atoms with Crippen LogP contribution in [0.5, 0.6) is 11.5 Å². The first-order valence-electron chi connectivity index (χ1n) is 6.94. The van der Waals surface area contributed by atoms with E-state index < -0.39 is 5.97 Å². The van der Waals surface area contributed by atoms with E-state index in [1.807, 2.05) is 12.1 Å². The average molecular weight is 291 g/mol. The van der Waals surface area contributed by atoms with Gasteiger partial charge < -0.3 is 19.5 Å². The number of hydrogen-bond acceptors (Lipinski definition) is 5. The lowest BCUT2D eigenvalue weighted by atomic mass is 9.98. The molecule has 5 nitrogen and oxygen atoms in total. The van der Waals surface area contributed by atoms with Crippen molar-refractivity contribution in [2.75, 3.05) is 34.4 Å². The molecule has 1 N–H and O–H groups in total. The molecular weight excluding hydrogens is 270 g/mol. The number of hydrogen-bond donors (Lipinski definition) is 1. The van der Waals surface area contributed by atoms with Crippen molar-refractivity contribution in [3.05, 3.63) is 28.8 Å². The summed E-state index contributed by atoms with van der Waals surface area (Å²) in [7, 11) is 4.49. The van der Waals surface area contributed by atoms with E-state index in [4.69, 9.17) is 14.2 Å². The summed E-state index contributed by atoms with van der Waals surface area (Å²) in [6, 6.07) is 3.53. The molecule has 0 atom stereocenters. The fourth-order valence-corrected chi connectivity index (χ4v) is 2.44. The quantitative estimate of drug-likeness (QED) is 0.862. The first kappa shape index (κ1) is 15.4. The predicted octanol–water partition coefficient (Wildman–Crippen LogP) is 2.26. The summed E-state index contributed by atoms with van der Waals surface area (Å²) in [4.78, 5) is 12.1. The standard InChI is InChI=1S/C16H21NO4/c1-19-13-9-12(8-11-4-6-17-7-5-11)15(16(18)21-3)14(10-13)20-2/h8-10,17H,4-7H2,1-3H3. The Bertz CT molecular complexity index is 543. The van der Waals surface area contributed by atoms with Crippen LogP contribution in [0.15, 0.2) is 17.7 Å². The van der Waals surface area contributed by atoms with Crippen molar-refractivity contribution in [2.45, 2.75) is 12.8 Å².